The van der Waals surface area contributed by atoms with Crippen LogP contribution in [0.25, 0.3) is 11.0 Å². The van der Waals surface area contributed by atoms with E-state index in [1.54, 1.807) is 23.1 Å². The molecule has 1 aromatic heterocycles. The highest BCUT2D eigenvalue weighted by Gasteiger charge is 2.23. The lowest BCUT2D eigenvalue weighted by Gasteiger charge is -2.28. The van der Waals surface area contributed by atoms with E-state index in [2.05, 4.69) is 31.2 Å². The first kappa shape index (κ1) is 20.5. The number of hydrogen-bond acceptors (Lipinski definition) is 5. The fourth-order valence-corrected chi connectivity index (χ4v) is 3.83. The third-order valence-electron chi connectivity index (χ3n) is 5.02. The molecule has 0 aliphatic carbocycles. The first-order valence-electron chi connectivity index (χ1n) is 9.52. The summed E-state index contributed by atoms with van der Waals surface area (Å²) >= 11 is 3.41. The Hall–Kier alpha value is -2.75. The maximum Gasteiger partial charge on any atom is 0.253 e. The van der Waals surface area contributed by atoms with Crippen LogP contribution in [0.3, 0.4) is 0 Å². The van der Waals surface area contributed by atoms with Crippen LogP contribution in [-0.2, 0) is 9.53 Å². The van der Waals surface area contributed by atoms with Crippen LogP contribution in [0.2, 0.25) is 0 Å². The van der Waals surface area contributed by atoms with Crippen LogP contribution in [0.1, 0.15) is 27.8 Å². The molecule has 0 spiro atoms. The molecule has 2 amide bonds. The molecule has 1 aliphatic heterocycles. The number of aliphatic hydroxyl groups is 1. The predicted octanol–water partition coefficient (Wildman–Crippen LogP) is 2.46. The van der Waals surface area contributed by atoms with Gasteiger partial charge in [-0.1, -0.05) is 15.9 Å². The average Bonchev–Trinajstić information content (AvgIpc) is 3.15. The van der Waals surface area contributed by atoms with Crippen LogP contribution < -0.4 is 10.2 Å². The molecular formula is C21H21BrN4O4. The molecule has 0 saturated carbocycles. The molecule has 9 heteroatoms. The van der Waals surface area contributed by atoms with Gasteiger partial charge < -0.3 is 25.0 Å². The van der Waals surface area contributed by atoms with Crippen molar-refractivity contribution in [2.45, 2.75) is 13.0 Å². The lowest BCUT2D eigenvalue weighted by atomic mass is 10.1. The normalized spacial score (nSPS) is 15.4. The van der Waals surface area contributed by atoms with Crippen molar-refractivity contribution in [2.24, 2.45) is 0 Å². The number of aryl methyl sites for hydroxylation is 1. The summed E-state index contributed by atoms with van der Waals surface area (Å²) in [5.41, 5.74) is 3.57. The van der Waals surface area contributed by atoms with E-state index in [1.807, 2.05) is 25.1 Å². The topological polar surface area (TPSA) is 108 Å². The van der Waals surface area contributed by atoms with E-state index in [0.29, 0.717) is 24.5 Å². The van der Waals surface area contributed by atoms with Gasteiger partial charge in [-0.2, -0.15) is 0 Å². The predicted molar refractivity (Wildman–Crippen MR) is 115 cm³/mol. The number of nitrogens with zero attached hydrogens (tertiary/aromatic N) is 2. The second-order valence-corrected chi connectivity index (χ2v) is 8.01. The summed E-state index contributed by atoms with van der Waals surface area (Å²) in [5.74, 6) is 0.0447. The minimum atomic E-state index is -0.676. The van der Waals surface area contributed by atoms with E-state index in [4.69, 9.17) is 4.74 Å². The summed E-state index contributed by atoms with van der Waals surface area (Å²) in [4.78, 5) is 34.2. The fraction of sp³-hybridized carbons (Fsp3) is 0.286. The third kappa shape index (κ3) is 4.09. The molecule has 3 N–H and O–H groups in total. The van der Waals surface area contributed by atoms with Gasteiger partial charge in [-0.05, 0) is 48.9 Å². The molecule has 2 heterocycles. The number of halogens is 1. The summed E-state index contributed by atoms with van der Waals surface area (Å²) in [6.07, 6.45) is 0. The Labute approximate surface area is 181 Å². The molecule has 8 nitrogen and oxygen atoms in total. The van der Waals surface area contributed by atoms with Crippen LogP contribution in [0.5, 0.6) is 0 Å². The van der Waals surface area contributed by atoms with Gasteiger partial charge in [-0.15, -0.1) is 0 Å². The number of hydrogen-bond donors (Lipinski definition) is 3. The van der Waals surface area contributed by atoms with E-state index in [1.165, 1.54) is 0 Å². The molecule has 4 rings (SSSR count). The molecule has 0 unspecified atom stereocenters. The van der Waals surface area contributed by atoms with Gasteiger partial charge in [0.1, 0.15) is 18.5 Å². The van der Waals surface area contributed by atoms with Gasteiger partial charge in [0.15, 0.2) is 0 Å². The molecule has 1 fully saturated rings. The SMILES string of the molecule is Cc1cc(C(=O)N[C@@H](CO)c2nc3cc(Br)ccc3[nH]2)ccc1N1CCOCC1=O. The van der Waals surface area contributed by atoms with Gasteiger partial charge >= 0.3 is 0 Å². The summed E-state index contributed by atoms with van der Waals surface area (Å²) in [7, 11) is 0. The molecule has 30 heavy (non-hydrogen) atoms. The van der Waals surface area contributed by atoms with E-state index in [9.17, 15) is 14.7 Å². The van der Waals surface area contributed by atoms with Crippen molar-refractivity contribution in [1.82, 2.24) is 15.3 Å². The lowest BCUT2D eigenvalue weighted by molar-refractivity contribution is -0.125. The van der Waals surface area contributed by atoms with Crippen molar-refractivity contribution in [1.29, 1.82) is 0 Å². The zero-order chi connectivity index (χ0) is 21.3. The quantitative estimate of drug-likeness (QED) is 0.528. The summed E-state index contributed by atoms with van der Waals surface area (Å²) in [6.45, 7) is 2.59. The number of rotatable bonds is 5. The molecule has 2 aromatic carbocycles. The number of aromatic amines is 1. The van der Waals surface area contributed by atoms with Crippen molar-refractivity contribution in [2.75, 3.05) is 31.3 Å². The Morgan fingerprint density at radius 3 is 2.93 bits per heavy atom. The number of morpholine rings is 1. The van der Waals surface area contributed by atoms with Gasteiger partial charge in [0.25, 0.3) is 11.8 Å². The molecule has 0 radical (unpaired) electrons. The van der Waals surface area contributed by atoms with Crippen molar-refractivity contribution >= 4 is 44.5 Å². The van der Waals surface area contributed by atoms with Crippen LogP contribution in [0.15, 0.2) is 40.9 Å². The Bertz CT molecular complexity index is 1110. The zero-order valence-corrected chi connectivity index (χ0v) is 17.9. The minimum absolute atomic E-state index is 0.0634. The van der Waals surface area contributed by atoms with Crippen LogP contribution >= 0.6 is 15.9 Å². The van der Waals surface area contributed by atoms with Crippen molar-refractivity contribution in [3.05, 3.63) is 57.8 Å². The molecule has 3 aromatic rings. The smallest absolute Gasteiger partial charge is 0.253 e. The first-order chi connectivity index (χ1) is 14.5. The second kappa shape index (κ2) is 8.55. The maximum atomic E-state index is 12.8. The monoisotopic (exact) mass is 472 g/mol. The number of carbonyl (C=O) groups excluding carboxylic acids is 2. The van der Waals surface area contributed by atoms with Gasteiger partial charge in [0, 0.05) is 22.3 Å². The maximum absolute atomic E-state index is 12.8. The van der Waals surface area contributed by atoms with Crippen LogP contribution in [-0.4, -0.2) is 53.3 Å². The summed E-state index contributed by atoms with van der Waals surface area (Å²) in [5, 5.41) is 12.6. The zero-order valence-electron chi connectivity index (χ0n) is 16.3. The van der Waals surface area contributed by atoms with Gasteiger partial charge in [-0.25, -0.2) is 4.98 Å². The number of benzene rings is 2. The molecule has 1 aliphatic rings. The number of imidazole rings is 1. The van der Waals surface area contributed by atoms with E-state index in [0.717, 1.165) is 26.8 Å². The van der Waals surface area contributed by atoms with Crippen LogP contribution in [0, 0.1) is 6.92 Å². The van der Waals surface area contributed by atoms with Crippen molar-refractivity contribution < 1.29 is 19.4 Å². The number of aliphatic hydroxyl groups excluding tert-OH is 1. The number of ether oxygens (including phenoxy) is 1. The van der Waals surface area contributed by atoms with Crippen molar-refractivity contribution in [3.63, 3.8) is 0 Å². The summed E-state index contributed by atoms with van der Waals surface area (Å²) < 4.78 is 6.07. The van der Waals surface area contributed by atoms with Crippen molar-refractivity contribution in [3.8, 4) is 0 Å². The number of nitrogens with one attached hydrogen (secondary N) is 2. The van der Waals surface area contributed by atoms with Gasteiger partial charge in [0.05, 0.1) is 24.2 Å². The fourth-order valence-electron chi connectivity index (χ4n) is 3.48. The number of anilines is 1. The highest BCUT2D eigenvalue weighted by Crippen LogP contribution is 2.24. The van der Waals surface area contributed by atoms with E-state index < -0.39 is 6.04 Å². The molecule has 156 valence electrons. The largest absolute Gasteiger partial charge is 0.394 e. The summed E-state index contributed by atoms with van der Waals surface area (Å²) in [6, 6.07) is 10.1. The molecule has 1 saturated heterocycles. The number of carbonyl (C=O) groups is 2. The molecule has 1 atom stereocenters. The van der Waals surface area contributed by atoms with Gasteiger partial charge in [0.2, 0.25) is 0 Å². The lowest BCUT2D eigenvalue weighted by Crippen LogP contribution is -2.42. The number of H-pyrrole nitrogens is 1. The first-order valence-corrected chi connectivity index (χ1v) is 10.3. The van der Waals surface area contributed by atoms with E-state index >= 15 is 0 Å². The highest BCUT2D eigenvalue weighted by molar-refractivity contribution is 9.10. The Morgan fingerprint density at radius 2 is 2.20 bits per heavy atom. The standard InChI is InChI=1S/C21H21BrN4O4/c1-12-8-13(2-5-18(12)26-6-7-30-11-19(26)28)21(29)25-17(10-27)20-23-15-4-3-14(22)9-16(15)24-20/h2-5,8-9,17,27H,6-7,10-11H2,1H3,(H,23,24)(H,25,29)/t17-/m0/s1. The Kier molecular flexibility index (Phi) is 5.85. The second-order valence-electron chi connectivity index (χ2n) is 7.09. The average molecular weight is 473 g/mol. The number of amides is 2. The Morgan fingerprint density at radius 1 is 1.37 bits per heavy atom. The molecular weight excluding hydrogens is 452 g/mol. The van der Waals surface area contributed by atoms with Crippen LogP contribution in [0.4, 0.5) is 5.69 Å². The van der Waals surface area contributed by atoms with Gasteiger partial charge in [-0.3, -0.25) is 9.59 Å². The highest BCUT2D eigenvalue weighted by atomic mass is 79.9. The van der Waals surface area contributed by atoms with E-state index in [-0.39, 0.29) is 25.0 Å². The minimum Gasteiger partial charge on any atom is -0.394 e. The number of aromatic nitrogens is 2. The molecule has 0 bridgehead atoms. The Balaban J connectivity index is 1.53. The third-order valence-corrected chi connectivity index (χ3v) is 5.51. The number of fused-ring (bicyclic) bond motifs is 1.